The maximum absolute atomic E-state index is 3.59. The summed E-state index contributed by atoms with van der Waals surface area (Å²) in [5.41, 5.74) is 0.802. The van der Waals surface area contributed by atoms with Crippen LogP contribution in [0.15, 0.2) is 0 Å². The average molecular weight is 262 g/mol. The van der Waals surface area contributed by atoms with Gasteiger partial charge >= 0.3 is 0 Å². The Morgan fingerprint density at radius 1 is 1.00 bits per heavy atom. The summed E-state index contributed by atoms with van der Waals surface area (Å²) in [5.74, 6) is 1.90. The van der Waals surface area contributed by atoms with Crippen molar-refractivity contribution in [1.29, 1.82) is 0 Å². The molecule has 2 nitrogen and oxygen atoms in total. The van der Waals surface area contributed by atoms with Crippen molar-refractivity contribution >= 4 is 0 Å². The lowest BCUT2D eigenvalue weighted by Crippen LogP contribution is -2.44. The predicted molar refractivity (Wildman–Crippen MR) is 79.2 cm³/mol. The van der Waals surface area contributed by atoms with Crippen LogP contribution in [-0.4, -0.2) is 36.6 Å². The van der Waals surface area contributed by atoms with Crippen LogP contribution in [0.2, 0.25) is 0 Å². The number of hydrogen-bond donors (Lipinski definition) is 1. The van der Waals surface area contributed by atoms with Gasteiger partial charge in [0, 0.05) is 18.6 Å². The van der Waals surface area contributed by atoms with Gasteiger partial charge in [0.05, 0.1) is 0 Å². The molecule has 0 bridgehead atoms. The van der Waals surface area contributed by atoms with Gasteiger partial charge in [-0.1, -0.05) is 12.8 Å². The van der Waals surface area contributed by atoms with Crippen molar-refractivity contribution in [1.82, 2.24) is 10.2 Å². The van der Waals surface area contributed by atoms with Crippen LogP contribution in [-0.2, 0) is 0 Å². The minimum atomic E-state index is 0.802. The Bertz CT molecular complexity index is 324. The molecule has 2 saturated heterocycles. The maximum atomic E-state index is 3.59. The molecule has 1 N–H and O–H groups in total. The van der Waals surface area contributed by atoms with Crippen LogP contribution >= 0.6 is 0 Å². The fourth-order valence-corrected chi connectivity index (χ4v) is 5.85. The topological polar surface area (TPSA) is 15.3 Å². The van der Waals surface area contributed by atoms with Crippen LogP contribution in [0.25, 0.3) is 0 Å². The minimum absolute atomic E-state index is 0.802. The zero-order chi connectivity index (χ0) is 12.9. The van der Waals surface area contributed by atoms with Crippen LogP contribution in [0.5, 0.6) is 0 Å². The quantitative estimate of drug-likeness (QED) is 0.781. The first-order valence-electron chi connectivity index (χ1n) is 8.74. The Hall–Kier alpha value is -0.0800. The van der Waals surface area contributed by atoms with Crippen LogP contribution in [0, 0.1) is 17.3 Å². The fourth-order valence-electron chi connectivity index (χ4n) is 5.85. The van der Waals surface area contributed by atoms with E-state index in [1.807, 2.05) is 0 Å². The number of hydrogen-bond acceptors (Lipinski definition) is 2. The first-order chi connectivity index (χ1) is 9.27. The third-order valence-electron chi connectivity index (χ3n) is 7.13. The van der Waals surface area contributed by atoms with E-state index in [4.69, 9.17) is 0 Å². The third kappa shape index (κ3) is 2.06. The molecule has 2 aliphatic carbocycles. The highest BCUT2D eigenvalue weighted by Crippen LogP contribution is 2.50. The average Bonchev–Trinajstić information content (AvgIpc) is 3.11. The van der Waals surface area contributed by atoms with Crippen LogP contribution in [0.3, 0.4) is 0 Å². The van der Waals surface area contributed by atoms with Crippen molar-refractivity contribution in [3.05, 3.63) is 0 Å². The highest BCUT2D eigenvalue weighted by Gasteiger charge is 2.46. The molecule has 0 aromatic rings. The number of rotatable bonds is 1. The van der Waals surface area contributed by atoms with Crippen LogP contribution < -0.4 is 5.32 Å². The lowest BCUT2D eigenvalue weighted by Gasteiger charge is -2.42. The first-order valence-corrected chi connectivity index (χ1v) is 8.74. The number of nitrogens with one attached hydrogen (secondary N) is 1. The van der Waals surface area contributed by atoms with E-state index in [0.717, 1.165) is 29.3 Å². The van der Waals surface area contributed by atoms with Gasteiger partial charge in [0.1, 0.15) is 0 Å². The molecule has 2 heteroatoms. The molecular formula is C17H30N2. The number of likely N-dealkylation sites (tertiary alicyclic amines) is 1. The first kappa shape index (κ1) is 12.6. The molecule has 108 valence electrons. The monoisotopic (exact) mass is 262 g/mol. The second-order valence-electron chi connectivity index (χ2n) is 7.96. The van der Waals surface area contributed by atoms with Crippen molar-refractivity contribution < 1.29 is 0 Å². The Kier molecular flexibility index (Phi) is 3.15. The summed E-state index contributed by atoms with van der Waals surface area (Å²) in [7, 11) is 0. The lowest BCUT2D eigenvalue weighted by molar-refractivity contribution is 0.0794. The van der Waals surface area contributed by atoms with Gasteiger partial charge in [-0.2, -0.15) is 0 Å². The van der Waals surface area contributed by atoms with E-state index in [2.05, 4.69) is 17.1 Å². The molecule has 4 aliphatic rings. The molecule has 1 spiro atoms. The molecule has 2 heterocycles. The summed E-state index contributed by atoms with van der Waals surface area (Å²) in [5, 5.41) is 3.59. The van der Waals surface area contributed by atoms with Crippen molar-refractivity contribution in [2.24, 2.45) is 17.3 Å². The predicted octanol–water partition coefficient (Wildman–Crippen LogP) is 3.03. The zero-order valence-corrected chi connectivity index (χ0v) is 12.5. The fraction of sp³-hybridized carbons (Fsp3) is 1.00. The summed E-state index contributed by atoms with van der Waals surface area (Å²) < 4.78 is 0. The molecule has 2 saturated carbocycles. The van der Waals surface area contributed by atoms with Gasteiger partial charge in [-0.05, 0) is 75.8 Å². The van der Waals surface area contributed by atoms with Crippen LogP contribution in [0.4, 0.5) is 0 Å². The van der Waals surface area contributed by atoms with Crippen molar-refractivity contribution in [2.45, 2.75) is 70.4 Å². The largest absolute Gasteiger partial charge is 0.316 e. The molecule has 3 atom stereocenters. The number of fused-ring (bicyclic) bond motifs is 1. The second-order valence-corrected chi connectivity index (χ2v) is 7.96. The SMILES string of the molecule is CC1C2CNCC2CN1C1CCC2(CCCC2)CC1. The van der Waals surface area contributed by atoms with Gasteiger partial charge < -0.3 is 5.32 Å². The molecule has 19 heavy (non-hydrogen) atoms. The molecule has 0 aromatic heterocycles. The summed E-state index contributed by atoms with van der Waals surface area (Å²) in [6, 6.07) is 1.76. The smallest absolute Gasteiger partial charge is 0.0114 e. The van der Waals surface area contributed by atoms with Gasteiger partial charge in [-0.15, -0.1) is 0 Å². The molecule has 0 amide bonds. The maximum Gasteiger partial charge on any atom is 0.0114 e. The van der Waals surface area contributed by atoms with E-state index in [1.165, 1.54) is 58.2 Å². The normalized spacial score (nSPS) is 43.1. The summed E-state index contributed by atoms with van der Waals surface area (Å²) >= 11 is 0. The molecular weight excluding hydrogens is 232 g/mol. The molecule has 0 radical (unpaired) electrons. The van der Waals surface area contributed by atoms with E-state index < -0.39 is 0 Å². The van der Waals surface area contributed by atoms with E-state index in [0.29, 0.717) is 0 Å². The molecule has 2 aliphatic heterocycles. The van der Waals surface area contributed by atoms with Gasteiger partial charge in [0.25, 0.3) is 0 Å². The Balaban J connectivity index is 1.39. The Morgan fingerprint density at radius 2 is 1.74 bits per heavy atom. The number of nitrogens with zero attached hydrogens (tertiary/aromatic N) is 1. The van der Waals surface area contributed by atoms with Crippen molar-refractivity contribution in [3.63, 3.8) is 0 Å². The van der Waals surface area contributed by atoms with Gasteiger partial charge in [-0.3, -0.25) is 4.90 Å². The molecule has 3 unspecified atom stereocenters. The summed E-state index contributed by atoms with van der Waals surface area (Å²) in [6.45, 7) is 6.44. The van der Waals surface area contributed by atoms with Gasteiger partial charge in [0.2, 0.25) is 0 Å². The Morgan fingerprint density at radius 3 is 2.42 bits per heavy atom. The summed E-state index contributed by atoms with van der Waals surface area (Å²) in [4.78, 5) is 2.90. The Labute approximate surface area is 118 Å². The highest BCUT2D eigenvalue weighted by molar-refractivity contribution is 5.01. The van der Waals surface area contributed by atoms with E-state index in [-0.39, 0.29) is 0 Å². The van der Waals surface area contributed by atoms with Gasteiger partial charge in [-0.25, -0.2) is 0 Å². The van der Waals surface area contributed by atoms with E-state index in [9.17, 15) is 0 Å². The van der Waals surface area contributed by atoms with E-state index in [1.54, 1.807) is 12.8 Å². The van der Waals surface area contributed by atoms with E-state index >= 15 is 0 Å². The molecule has 0 aromatic carbocycles. The standard InChI is InChI=1S/C17H30N2/c1-13-16-11-18-10-14(16)12-19(13)15-4-8-17(9-5-15)6-2-3-7-17/h13-16,18H,2-12H2,1H3. The zero-order valence-electron chi connectivity index (χ0n) is 12.5. The highest BCUT2D eigenvalue weighted by atomic mass is 15.2. The van der Waals surface area contributed by atoms with Crippen molar-refractivity contribution in [3.8, 4) is 0 Å². The lowest BCUT2D eigenvalue weighted by atomic mass is 9.71. The molecule has 4 fully saturated rings. The third-order valence-corrected chi connectivity index (χ3v) is 7.13. The van der Waals surface area contributed by atoms with Crippen LogP contribution in [0.1, 0.15) is 58.3 Å². The summed E-state index contributed by atoms with van der Waals surface area (Å²) in [6.07, 6.45) is 12.2. The van der Waals surface area contributed by atoms with Crippen molar-refractivity contribution in [2.75, 3.05) is 19.6 Å². The van der Waals surface area contributed by atoms with Gasteiger partial charge in [0.15, 0.2) is 0 Å². The second kappa shape index (κ2) is 4.73. The molecule has 4 rings (SSSR count). The minimum Gasteiger partial charge on any atom is -0.316 e.